The lowest BCUT2D eigenvalue weighted by atomic mass is 9.79. The number of amides is 1. The summed E-state index contributed by atoms with van der Waals surface area (Å²) in [6, 6.07) is 7.72. The second-order valence-electron chi connectivity index (χ2n) is 6.04. The Morgan fingerprint density at radius 2 is 2.10 bits per heavy atom. The van der Waals surface area contributed by atoms with Crippen LogP contribution in [0.3, 0.4) is 0 Å². The molecule has 1 saturated heterocycles. The van der Waals surface area contributed by atoms with E-state index in [1.807, 2.05) is 29.2 Å². The van der Waals surface area contributed by atoms with Gasteiger partial charge in [-0.3, -0.25) is 4.79 Å². The van der Waals surface area contributed by atoms with Crippen molar-refractivity contribution >= 4 is 5.91 Å². The maximum Gasteiger partial charge on any atom is 0.254 e. The molecule has 1 aliphatic carbocycles. The minimum absolute atomic E-state index is 0.117. The maximum absolute atomic E-state index is 12.6. The molecule has 1 aromatic rings. The number of hydrogen-bond acceptors (Lipinski definition) is 3. The fourth-order valence-corrected chi connectivity index (χ4v) is 3.57. The lowest BCUT2D eigenvalue weighted by molar-refractivity contribution is 0.0783. The van der Waals surface area contributed by atoms with Crippen molar-refractivity contribution in [1.29, 1.82) is 0 Å². The van der Waals surface area contributed by atoms with Crippen molar-refractivity contribution in [2.75, 3.05) is 20.2 Å². The molecule has 1 amide bonds. The summed E-state index contributed by atoms with van der Waals surface area (Å²) in [7, 11) is 1.62. The lowest BCUT2D eigenvalue weighted by Crippen LogP contribution is -2.32. The van der Waals surface area contributed by atoms with Crippen LogP contribution >= 0.6 is 0 Å². The number of carbonyl (C=O) groups excluding carboxylic acids is 1. The van der Waals surface area contributed by atoms with Crippen molar-refractivity contribution in [2.24, 2.45) is 17.6 Å². The average Bonchev–Trinajstić information content (AvgIpc) is 2.89. The Bertz CT molecular complexity index is 503. The number of methoxy groups -OCH3 is 1. The van der Waals surface area contributed by atoms with Gasteiger partial charge in [-0.1, -0.05) is 6.07 Å². The van der Waals surface area contributed by atoms with E-state index in [1.165, 1.54) is 0 Å². The molecule has 0 aromatic heterocycles. The van der Waals surface area contributed by atoms with Gasteiger partial charge >= 0.3 is 0 Å². The van der Waals surface area contributed by atoms with Gasteiger partial charge in [0.05, 0.1) is 7.11 Å². The number of likely N-dealkylation sites (tertiary alicyclic amines) is 1. The highest BCUT2D eigenvalue weighted by Gasteiger charge is 2.38. The number of rotatable bonds is 2. The van der Waals surface area contributed by atoms with Gasteiger partial charge in [0.1, 0.15) is 5.75 Å². The molecule has 2 aliphatic rings. The molecule has 3 atom stereocenters. The zero-order valence-electron chi connectivity index (χ0n) is 11.9. The van der Waals surface area contributed by atoms with E-state index in [2.05, 4.69) is 0 Å². The summed E-state index contributed by atoms with van der Waals surface area (Å²) in [5.74, 6) is 2.08. The van der Waals surface area contributed by atoms with Crippen molar-refractivity contribution in [1.82, 2.24) is 4.90 Å². The van der Waals surface area contributed by atoms with Crippen molar-refractivity contribution in [3.63, 3.8) is 0 Å². The van der Waals surface area contributed by atoms with E-state index < -0.39 is 0 Å². The SMILES string of the molecule is COc1cccc(C(=O)N2C[C@H]3CCC(N)C[C@H]3C2)c1. The predicted molar refractivity (Wildman–Crippen MR) is 77.7 cm³/mol. The molecule has 20 heavy (non-hydrogen) atoms. The molecule has 2 fully saturated rings. The normalized spacial score (nSPS) is 29.1. The number of fused-ring (bicyclic) bond motifs is 1. The minimum Gasteiger partial charge on any atom is -0.497 e. The Hall–Kier alpha value is -1.55. The molecule has 0 radical (unpaired) electrons. The molecule has 1 aromatic carbocycles. The molecule has 108 valence electrons. The second kappa shape index (κ2) is 5.44. The molecule has 1 aliphatic heterocycles. The molecule has 4 nitrogen and oxygen atoms in total. The Balaban J connectivity index is 1.72. The van der Waals surface area contributed by atoms with Gasteiger partial charge in [-0.15, -0.1) is 0 Å². The predicted octanol–water partition coefficient (Wildman–Crippen LogP) is 1.89. The van der Waals surface area contributed by atoms with Gasteiger partial charge in [0.2, 0.25) is 0 Å². The zero-order valence-corrected chi connectivity index (χ0v) is 11.9. The molecule has 0 bridgehead atoms. The van der Waals surface area contributed by atoms with Crippen LogP contribution in [0, 0.1) is 11.8 Å². The van der Waals surface area contributed by atoms with Gasteiger partial charge in [0.25, 0.3) is 5.91 Å². The van der Waals surface area contributed by atoms with Gasteiger partial charge < -0.3 is 15.4 Å². The van der Waals surface area contributed by atoms with E-state index in [4.69, 9.17) is 10.5 Å². The summed E-state index contributed by atoms with van der Waals surface area (Å²) in [5, 5.41) is 0. The molecular weight excluding hydrogens is 252 g/mol. The smallest absolute Gasteiger partial charge is 0.254 e. The first-order valence-corrected chi connectivity index (χ1v) is 7.36. The summed E-state index contributed by atoms with van der Waals surface area (Å²) in [6.07, 6.45) is 3.32. The van der Waals surface area contributed by atoms with E-state index in [1.54, 1.807) is 7.11 Å². The van der Waals surface area contributed by atoms with Crippen LogP contribution in [0.15, 0.2) is 24.3 Å². The van der Waals surface area contributed by atoms with Gasteiger partial charge in [0, 0.05) is 24.7 Å². The van der Waals surface area contributed by atoms with Crippen molar-refractivity contribution in [3.8, 4) is 5.75 Å². The largest absolute Gasteiger partial charge is 0.497 e. The number of nitrogens with two attached hydrogens (primary N) is 1. The number of benzene rings is 1. The maximum atomic E-state index is 12.6. The van der Waals surface area contributed by atoms with E-state index in [-0.39, 0.29) is 5.91 Å². The highest BCUT2D eigenvalue weighted by molar-refractivity contribution is 5.94. The standard InChI is InChI=1S/C16H22N2O2/c1-20-15-4-2-3-11(8-15)16(19)18-9-12-5-6-14(17)7-13(12)10-18/h2-4,8,12-14H,5-7,9-10,17H2,1H3/t12-,13+,14?/m1/s1. The van der Waals surface area contributed by atoms with Crippen LogP contribution in [0.1, 0.15) is 29.6 Å². The van der Waals surface area contributed by atoms with Gasteiger partial charge in [-0.2, -0.15) is 0 Å². The van der Waals surface area contributed by atoms with Crippen LogP contribution in [-0.2, 0) is 0 Å². The Morgan fingerprint density at radius 3 is 2.90 bits per heavy atom. The summed E-state index contributed by atoms with van der Waals surface area (Å²) in [6.45, 7) is 1.74. The number of hydrogen-bond donors (Lipinski definition) is 1. The third kappa shape index (κ3) is 2.52. The van der Waals surface area contributed by atoms with Gasteiger partial charge in [0.15, 0.2) is 0 Å². The summed E-state index contributed by atoms with van der Waals surface area (Å²) < 4.78 is 5.19. The summed E-state index contributed by atoms with van der Waals surface area (Å²) in [4.78, 5) is 14.6. The topological polar surface area (TPSA) is 55.6 Å². The Morgan fingerprint density at radius 1 is 1.30 bits per heavy atom. The quantitative estimate of drug-likeness (QED) is 0.896. The highest BCUT2D eigenvalue weighted by Crippen LogP contribution is 2.36. The molecular formula is C16H22N2O2. The van der Waals surface area contributed by atoms with E-state index in [0.717, 1.165) is 38.1 Å². The third-order valence-electron chi connectivity index (χ3n) is 4.69. The molecule has 3 rings (SSSR count). The molecule has 1 saturated carbocycles. The van der Waals surface area contributed by atoms with E-state index in [0.29, 0.717) is 23.4 Å². The summed E-state index contributed by atoms with van der Waals surface area (Å²) in [5.41, 5.74) is 6.76. The molecule has 1 unspecified atom stereocenters. The minimum atomic E-state index is 0.117. The number of ether oxygens (including phenoxy) is 1. The first kappa shape index (κ1) is 13.4. The molecule has 2 N–H and O–H groups in total. The fraction of sp³-hybridized carbons (Fsp3) is 0.562. The van der Waals surface area contributed by atoms with Crippen LogP contribution in [-0.4, -0.2) is 37.0 Å². The molecule has 4 heteroatoms. The van der Waals surface area contributed by atoms with Crippen LogP contribution in [0.5, 0.6) is 5.75 Å². The third-order valence-corrected chi connectivity index (χ3v) is 4.69. The highest BCUT2D eigenvalue weighted by atomic mass is 16.5. The van der Waals surface area contributed by atoms with Crippen LogP contribution < -0.4 is 10.5 Å². The Labute approximate surface area is 119 Å². The van der Waals surface area contributed by atoms with Gasteiger partial charge in [-0.25, -0.2) is 0 Å². The first-order chi connectivity index (χ1) is 9.67. The number of carbonyl (C=O) groups is 1. The monoisotopic (exact) mass is 274 g/mol. The van der Waals surface area contributed by atoms with Crippen LogP contribution in [0.4, 0.5) is 0 Å². The first-order valence-electron chi connectivity index (χ1n) is 7.36. The van der Waals surface area contributed by atoms with Crippen molar-refractivity contribution in [2.45, 2.75) is 25.3 Å². The average molecular weight is 274 g/mol. The van der Waals surface area contributed by atoms with Crippen molar-refractivity contribution < 1.29 is 9.53 Å². The van der Waals surface area contributed by atoms with Crippen LogP contribution in [0.2, 0.25) is 0 Å². The van der Waals surface area contributed by atoms with Gasteiger partial charge in [-0.05, 0) is 49.3 Å². The lowest BCUT2D eigenvalue weighted by Gasteiger charge is -2.27. The zero-order chi connectivity index (χ0) is 14.1. The molecule has 1 heterocycles. The Kier molecular flexibility index (Phi) is 3.66. The fourth-order valence-electron chi connectivity index (χ4n) is 3.57. The van der Waals surface area contributed by atoms with E-state index >= 15 is 0 Å². The van der Waals surface area contributed by atoms with Crippen molar-refractivity contribution in [3.05, 3.63) is 29.8 Å². The van der Waals surface area contributed by atoms with E-state index in [9.17, 15) is 4.79 Å². The molecule has 0 spiro atoms. The van der Waals surface area contributed by atoms with Crippen LogP contribution in [0.25, 0.3) is 0 Å². The number of nitrogens with zero attached hydrogens (tertiary/aromatic N) is 1. The second-order valence-corrected chi connectivity index (χ2v) is 6.04. The summed E-state index contributed by atoms with van der Waals surface area (Å²) >= 11 is 0.